The molecule has 0 saturated heterocycles. The van der Waals surface area contributed by atoms with Crippen molar-refractivity contribution in [3.8, 4) is 0 Å². The van der Waals surface area contributed by atoms with Crippen LogP contribution in [0.2, 0.25) is 0 Å². The Bertz CT molecular complexity index is 828. The molecule has 0 radical (unpaired) electrons. The Labute approximate surface area is 124 Å². The van der Waals surface area contributed by atoms with Crippen molar-refractivity contribution in [3.05, 3.63) is 65.3 Å². The fraction of sp³-hybridized carbons (Fsp3) is 0.125. The number of aromatic carboxylic acids is 1. The maximum Gasteiger partial charge on any atom is 0.358 e. The Kier molecular flexibility index (Phi) is 3.84. The molecule has 0 atom stereocenters. The highest BCUT2D eigenvalue weighted by atomic mass is 19.1. The molecule has 112 valence electrons. The zero-order valence-electron chi connectivity index (χ0n) is 11.5. The summed E-state index contributed by atoms with van der Waals surface area (Å²) in [7, 11) is 0. The lowest BCUT2D eigenvalue weighted by Crippen LogP contribution is -1.97. The van der Waals surface area contributed by atoms with Crippen LogP contribution in [-0.4, -0.2) is 16.2 Å². The molecule has 0 saturated carbocycles. The molecule has 0 aliphatic rings. The molecule has 22 heavy (non-hydrogen) atoms. The second kappa shape index (κ2) is 5.95. The Balaban J connectivity index is 1.68. The normalized spacial score (nSPS) is 11.0. The number of nitrogens with zero attached hydrogens (tertiary/aromatic N) is 1. The van der Waals surface area contributed by atoms with Crippen LogP contribution in [-0.2, 0) is 18.0 Å². The number of hydrogen-bond donors (Lipinski definition) is 1. The van der Waals surface area contributed by atoms with Crippen molar-refractivity contribution in [2.24, 2.45) is 0 Å². The predicted molar refractivity (Wildman–Crippen MR) is 75.9 cm³/mol. The van der Waals surface area contributed by atoms with Gasteiger partial charge in [0, 0.05) is 11.6 Å². The summed E-state index contributed by atoms with van der Waals surface area (Å²) in [5, 5.41) is 13.8. The number of rotatable bonds is 5. The van der Waals surface area contributed by atoms with Gasteiger partial charge in [0.05, 0.1) is 6.61 Å². The summed E-state index contributed by atoms with van der Waals surface area (Å²) in [4.78, 5) is 10.7. The summed E-state index contributed by atoms with van der Waals surface area (Å²) in [5.74, 6) is -1.24. The fourth-order valence-electron chi connectivity index (χ4n) is 2.11. The molecule has 1 aromatic heterocycles. The van der Waals surface area contributed by atoms with E-state index in [1.54, 1.807) is 6.07 Å². The quantitative estimate of drug-likeness (QED) is 0.782. The molecule has 3 aromatic rings. The first-order chi connectivity index (χ1) is 10.6. The van der Waals surface area contributed by atoms with Gasteiger partial charge in [0.1, 0.15) is 12.4 Å². The zero-order valence-corrected chi connectivity index (χ0v) is 11.5. The lowest BCUT2D eigenvalue weighted by Gasteiger charge is -2.06. The number of hydrogen-bond acceptors (Lipinski definition) is 4. The summed E-state index contributed by atoms with van der Waals surface area (Å²) in [5.41, 5.74) is 0.243. The van der Waals surface area contributed by atoms with Crippen molar-refractivity contribution >= 4 is 16.7 Å². The molecule has 0 bridgehead atoms. The minimum absolute atomic E-state index is 0.0204. The number of benzene rings is 2. The van der Waals surface area contributed by atoms with Crippen LogP contribution in [0.15, 0.2) is 47.0 Å². The fourth-order valence-corrected chi connectivity index (χ4v) is 2.11. The average molecular weight is 301 g/mol. The van der Waals surface area contributed by atoms with Gasteiger partial charge in [0.15, 0.2) is 11.5 Å². The predicted octanol–water partition coefficient (Wildman–Crippen LogP) is 3.38. The molecule has 0 spiro atoms. The smallest absolute Gasteiger partial charge is 0.358 e. The van der Waals surface area contributed by atoms with E-state index in [1.165, 1.54) is 12.1 Å². The van der Waals surface area contributed by atoms with Gasteiger partial charge in [-0.1, -0.05) is 29.4 Å². The molecule has 0 unspecified atom stereocenters. The minimum atomic E-state index is -1.17. The summed E-state index contributed by atoms with van der Waals surface area (Å²) < 4.78 is 24.1. The molecular weight excluding hydrogens is 289 g/mol. The second-order valence-electron chi connectivity index (χ2n) is 4.77. The largest absolute Gasteiger partial charge is 0.476 e. The molecule has 1 heterocycles. The van der Waals surface area contributed by atoms with Crippen molar-refractivity contribution in [1.82, 2.24) is 5.16 Å². The summed E-state index contributed by atoms with van der Waals surface area (Å²) in [6, 6.07) is 11.9. The molecule has 0 fully saturated rings. The van der Waals surface area contributed by atoms with E-state index in [9.17, 15) is 9.18 Å². The standard InChI is InChI=1S/C16H12FNO4/c17-14-6-11-4-2-1-3-10(11)5-12(14)8-21-9-13-7-15(16(19)20)18-22-13/h1-7H,8-9H2,(H,19,20). The van der Waals surface area contributed by atoms with E-state index in [1.807, 2.05) is 24.3 Å². The number of carbonyl (C=O) groups is 1. The summed E-state index contributed by atoms with van der Waals surface area (Å²) in [6.07, 6.45) is 0. The van der Waals surface area contributed by atoms with Crippen LogP contribution in [0.1, 0.15) is 21.8 Å². The first-order valence-electron chi connectivity index (χ1n) is 6.57. The molecule has 0 aliphatic carbocycles. The monoisotopic (exact) mass is 301 g/mol. The molecule has 1 N–H and O–H groups in total. The third-order valence-electron chi connectivity index (χ3n) is 3.19. The van der Waals surface area contributed by atoms with Gasteiger partial charge in [-0.3, -0.25) is 0 Å². The SMILES string of the molecule is O=C(O)c1cc(COCc2cc3ccccc3cc2F)on1. The van der Waals surface area contributed by atoms with E-state index in [4.69, 9.17) is 14.4 Å². The van der Waals surface area contributed by atoms with Gasteiger partial charge >= 0.3 is 5.97 Å². The third-order valence-corrected chi connectivity index (χ3v) is 3.19. The van der Waals surface area contributed by atoms with Crippen molar-refractivity contribution in [2.75, 3.05) is 0 Å². The topological polar surface area (TPSA) is 72.6 Å². The molecule has 5 nitrogen and oxygen atoms in total. The first kappa shape index (κ1) is 14.2. The van der Waals surface area contributed by atoms with E-state index < -0.39 is 5.97 Å². The van der Waals surface area contributed by atoms with E-state index >= 15 is 0 Å². The van der Waals surface area contributed by atoms with Crippen LogP contribution in [0.4, 0.5) is 4.39 Å². The number of halogens is 1. The van der Waals surface area contributed by atoms with Crippen LogP contribution in [0.5, 0.6) is 0 Å². The molecule has 6 heteroatoms. The van der Waals surface area contributed by atoms with Gasteiger partial charge in [-0.25, -0.2) is 9.18 Å². The zero-order chi connectivity index (χ0) is 15.5. The van der Waals surface area contributed by atoms with Gasteiger partial charge < -0.3 is 14.4 Å². The number of carboxylic acid groups (broad SMARTS) is 1. The number of carboxylic acids is 1. The first-order valence-corrected chi connectivity index (χ1v) is 6.57. The van der Waals surface area contributed by atoms with Crippen molar-refractivity contribution in [2.45, 2.75) is 13.2 Å². The van der Waals surface area contributed by atoms with Crippen LogP contribution < -0.4 is 0 Å². The Morgan fingerprint density at radius 3 is 2.59 bits per heavy atom. The maximum absolute atomic E-state index is 14.0. The average Bonchev–Trinajstić information content (AvgIpc) is 2.97. The van der Waals surface area contributed by atoms with Gasteiger partial charge in [-0.15, -0.1) is 0 Å². The van der Waals surface area contributed by atoms with E-state index in [-0.39, 0.29) is 30.5 Å². The highest BCUT2D eigenvalue weighted by Gasteiger charge is 2.11. The van der Waals surface area contributed by atoms with Gasteiger partial charge in [-0.2, -0.15) is 0 Å². The van der Waals surface area contributed by atoms with E-state index in [0.717, 1.165) is 10.8 Å². The lowest BCUT2D eigenvalue weighted by molar-refractivity contribution is 0.0683. The summed E-state index contributed by atoms with van der Waals surface area (Å²) >= 11 is 0. The molecular formula is C16H12FNO4. The van der Waals surface area contributed by atoms with E-state index in [2.05, 4.69) is 5.16 Å². The second-order valence-corrected chi connectivity index (χ2v) is 4.77. The van der Waals surface area contributed by atoms with Gasteiger partial charge in [-0.05, 0) is 22.9 Å². The molecule has 0 aliphatic heterocycles. The maximum atomic E-state index is 14.0. The van der Waals surface area contributed by atoms with Crippen LogP contribution in [0.3, 0.4) is 0 Å². The molecule has 0 amide bonds. The van der Waals surface area contributed by atoms with Crippen molar-refractivity contribution < 1.29 is 23.6 Å². The Morgan fingerprint density at radius 2 is 1.91 bits per heavy atom. The lowest BCUT2D eigenvalue weighted by atomic mass is 10.1. The number of aromatic nitrogens is 1. The van der Waals surface area contributed by atoms with E-state index in [0.29, 0.717) is 5.56 Å². The highest BCUT2D eigenvalue weighted by Crippen LogP contribution is 2.20. The van der Waals surface area contributed by atoms with Gasteiger partial charge in [0.25, 0.3) is 0 Å². The number of ether oxygens (including phenoxy) is 1. The van der Waals surface area contributed by atoms with Crippen molar-refractivity contribution in [1.29, 1.82) is 0 Å². The summed E-state index contributed by atoms with van der Waals surface area (Å²) in [6.45, 7) is 0.0757. The number of fused-ring (bicyclic) bond motifs is 1. The van der Waals surface area contributed by atoms with Gasteiger partial charge in [0.2, 0.25) is 0 Å². The Morgan fingerprint density at radius 1 is 1.18 bits per heavy atom. The van der Waals surface area contributed by atoms with Crippen molar-refractivity contribution in [3.63, 3.8) is 0 Å². The van der Waals surface area contributed by atoms with Crippen LogP contribution in [0.25, 0.3) is 10.8 Å². The molecule has 3 rings (SSSR count). The van der Waals surface area contributed by atoms with Crippen LogP contribution in [0, 0.1) is 5.82 Å². The highest BCUT2D eigenvalue weighted by molar-refractivity contribution is 5.85. The minimum Gasteiger partial charge on any atom is -0.476 e. The van der Waals surface area contributed by atoms with Crippen LogP contribution >= 0.6 is 0 Å². The third kappa shape index (κ3) is 2.96. The molecule has 2 aromatic carbocycles. The Hall–Kier alpha value is -2.73.